The Morgan fingerprint density at radius 3 is 2.74 bits per heavy atom. The summed E-state index contributed by atoms with van der Waals surface area (Å²) < 4.78 is 1.72. The molecule has 6 rings (SSSR count). The van der Waals surface area contributed by atoms with E-state index in [1.807, 2.05) is 12.1 Å². The van der Waals surface area contributed by atoms with Gasteiger partial charge >= 0.3 is 0 Å². The van der Waals surface area contributed by atoms with Gasteiger partial charge < -0.3 is 16.0 Å². The zero-order valence-corrected chi connectivity index (χ0v) is 18.5. The molecule has 1 unspecified atom stereocenters. The van der Waals surface area contributed by atoms with Crippen molar-refractivity contribution in [2.24, 2.45) is 23.2 Å². The first-order valence-corrected chi connectivity index (χ1v) is 11.7. The number of amides is 2. The van der Waals surface area contributed by atoms with Gasteiger partial charge in [-0.25, -0.2) is 4.98 Å². The summed E-state index contributed by atoms with van der Waals surface area (Å²) >= 11 is 0. The molecule has 1 saturated heterocycles. The molecule has 4 atom stereocenters. The molecule has 31 heavy (non-hydrogen) atoms. The fourth-order valence-corrected chi connectivity index (χ4v) is 6.06. The number of rotatable bonds is 6. The van der Waals surface area contributed by atoms with E-state index in [9.17, 15) is 9.59 Å². The molecular weight excluding hydrogens is 390 g/mol. The first-order valence-electron chi connectivity index (χ1n) is 11.7. The highest BCUT2D eigenvalue weighted by molar-refractivity contribution is 5.95. The minimum atomic E-state index is -0.201. The molecule has 2 aromatic heterocycles. The summed E-state index contributed by atoms with van der Waals surface area (Å²) in [5.41, 5.74) is 1.88. The third kappa shape index (κ3) is 3.73. The van der Waals surface area contributed by atoms with Gasteiger partial charge in [-0.3, -0.25) is 14.0 Å². The molecule has 2 aromatic rings. The molecule has 3 N–H and O–H groups in total. The number of pyridine rings is 1. The average Bonchev–Trinajstić information content (AvgIpc) is 3.45. The third-order valence-electron chi connectivity index (χ3n) is 8.15. The predicted molar refractivity (Wildman–Crippen MR) is 119 cm³/mol. The molecule has 3 saturated carbocycles. The van der Waals surface area contributed by atoms with Crippen molar-refractivity contribution in [3.05, 3.63) is 35.8 Å². The van der Waals surface area contributed by atoms with Crippen molar-refractivity contribution in [3.8, 4) is 0 Å². The molecule has 3 aliphatic carbocycles. The van der Waals surface area contributed by atoms with Crippen LogP contribution in [0.2, 0.25) is 0 Å². The van der Waals surface area contributed by atoms with E-state index in [0.29, 0.717) is 53.4 Å². The summed E-state index contributed by atoms with van der Waals surface area (Å²) in [7, 11) is 0. The molecule has 4 aliphatic rings. The number of hydrogen-bond donors (Lipinski definition) is 3. The van der Waals surface area contributed by atoms with Crippen molar-refractivity contribution in [2.45, 2.75) is 52.0 Å². The number of nitrogens with zero attached hydrogens (tertiary/aromatic N) is 2. The molecule has 2 amide bonds. The molecule has 2 bridgehead atoms. The summed E-state index contributed by atoms with van der Waals surface area (Å²) in [6, 6.07) is 5.77. The zero-order valence-electron chi connectivity index (χ0n) is 18.5. The standard InChI is InChI=1S/C24H33N5O2/c1-24(2)16-9-8-15(18(24)11-16)12-26-23(31)20-6-3-7-21-28-19(14-29(20)21)22(30)27-13-17-5-4-10-25-17/h3,6-7,14-18,25H,4-5,8-13H2,1-2H3,(H,26,31)(H,27,30)/t15-,16-,17?,18-/m0/s1. The molecule has 166 valence electrons. The van der Waals surface area contributed by atoms with Crippen LogP contribution in [0.5, 0.6) is 0 Å². The Hall–Kier alpha value is -2.41. The van der Waals surface area contributed by atoms with Crippen molar-refractivity contribution in [1.82, 2.24) is 25.3 Å². The summed E-state index contributed by atoms with van der Waals surface area (Å²) in [6.45, 7) is 7.07. The Labute approximate surface area is 183 Å². The summed E-state index contributed by atoms with van der Waals surface area (Å²) in [4.78, 5) is 30.0. The molecule has 0 spiro atoms. The predicted octanol–water partition coefficient (Wildman–Crippen LogP) is 2.62. The van der Waals surface area contributed by atoms with Gasteiger partial charge in [0.15, 0.2) is 0 Å². The van der Waals surface area contributed by atoms with E-state index in [0.717, 1.165) is 25.3 Å². The van der Waals surface area contributed by atoms with Crippen LogP contribution in [0.4, 0.5) is 0 Å². The molecule has 0 aromatic carbocycles. The van der Waals surface area contributed by atoms with Gasteiger partial charge in [0.05, 0.1) is 0 Å². The Morgan fingerprint density at radius 1 is 1.16 bits per heavy atom. The number of hydrogen-bond acceptors (Lipinski definition) is 4. The van der Waals surface area contributed by atoms with Gasteiger partial charge in [-0.05, 0) is 74.0 Å². The van der Waals surface area contributed by atoms with Gasteiger partial charge in [-0.15, -0.1) is 0 Å². The van der Waals surface area contributed by atoms with Gasteiger partial charge in [0.2, 0.25) is 0 Å². The van der Waals surface area contributed by atoms with Gasteiger partial charge in [0.25, 0.3) is 11.8 Å². The average molecular weight is 424 g/mol. The Balaban J connectivity index is 1.25. The van der Waals surface area contributed by atoms with Crippen LogP contribution in [-0.4, -0.2) is 46.9 Å². The van der Waals surface area contributed by atoms with Gasteiger partial charge in [-0.2, -0.15) is 0 Å². The van der Waals surface area contributed by atoms with Crippen LogP contribution >= 0.6 is 0 Å². The normalized spacial score (nSPS) is 28.8. The molecule has 7 heteroatoms. The van der Waals surface area contributed by atoms with Crippen LogP contribution in [0, 0.1) is 23.2 Å². The maximum atomic E-state index is 13.0. The molecule has 3 heterocycles. The van der Waals surface area contributed by atoms with Crippen LogP contribution < -0.4 is 16.0 Å². The van der Waals surface area contributed by atoms with Crippen LogP contribution in [0.1, 0.15) is 66.9 Å². The van der Waals surface area contributed by atoms with E-state index in [1.165, 1.54) is 19.3 Å². The van der Waals surface area contributed by atoms with Crippen LogP contribution in [0.25, 0.3) is 5.65 Å². The SMILES string of the molecule is CC1(C)[C@H]2CC[C@@H](CNC(=O)c3cccc4nc(C(=O)NCC5CCCN5)cn34)[C@@H]1C2. The number of nitrogens with one attached hydrogen (secondary N) is 3. The van der Waals surface area contributed by atoms with Gasteiger partial charge in [0, 0.05) is 25.3 Å². The lowest BCUT2D eigenvalue weighted by Gasteiger charge is -2.60. The topological polar surface area (TPSA) is 87.5 Å². The van der Waals surface area contributed by atoms with E-state index in [1.54, 1.807) is 16.7 Å². The fourth-order valence-electron chi connectivity index (χ4n) is 6.06. The number of aromatic nitrogens is 2. The van der Waals surface area contributed by atoms with E-state index in [2.05, 4.69) is 34.8 Å². The monoisotopic (exact) mass is 423 g/mol. The van der Waals surface area contributed by atoms with Crippen LogP contribution in [0.3, 0.4) is 0 Å². The van der Waals surface area contributed by atoms with Crippen molar-refractivity contribution >= 4 is 17.5 Å². The number of carbonyl (C=O) groups excluding carboxylic acids is 2. The van der Waals surface area contributed by atoms with Crippen LogP contribution in [-0.2, 0) is 0 Å². The molecular formula is C24H33N5O2. The first-order chi connectivity index (χ1) is 14.9. The largest absolute Gasteiger partial charge is 0.350 e. The van der Waals surface area contributed by atoms with Gasteiger partial charge in [0.1, 0.15) is 17.0 Å². The second-order valence-electron chi connectivity index (χ2n) is 10.2. The van der Waals surface area contributed by atoms with Crippen molar-refractivity contribution in [1.29, 1.82) is 0 Å². The zero-order chi connectivity index (χ0) is 21.6. The van der Waals surface area contributed by atoms with Crippen molar-refractivity contribution < 1.29 is 9.59 Å². The Bertz CT molecular complexity index is 989. The third-order valence-corrected chi connectivity index (χ3v) is 8.15. The number of carbonyl (C=O) groups is 2. The Morgan fingerprint density at radius 2 is 2.00 bits per heavy atom. The smallest absolute Gasteiger partial charge is 0.271 e. The fraction of sp³-hybridized carbons (Fsp3) is 0.625. The lowest BCUT2D eigenvalue weighted by Crippen LogP contribution is -2.54. The summed E-state index contributed by atoms with van der Waals surface area (Å²) in [5, 5.41) is 9.49. The summed E-state index contributed by atoms with van der Waals surface area (Å²) in [5.74, 6) is 1.81. The quantitative estimate of drug-likeness (QED) is 0.667. The maximum Gasteiger partial charge on any atom is 0.271 e. The highest BCUT2D eigenvalue weighted by atomic mass is 16.2. The lowest BCUT2D eigenvalue weighted by atomic mass is 9.45. The minimum absolute atomic E-state index is 0.107. The molecule has 4 fully saturated rings. The molecule has 1 aliphatic heterocycles. The molecule has 0 radical (unpaired) electrons. The minimum Gasteiger partial charge on any atom is -0.350 e. The van der Waals surface area contributed by atoms with E-state index in [4.69, 9.17) is 0 Å². The number of imidazole rings is 1. The second-order valence-corrected chi connectivity index (χ2v) is 10.2. The van der Waals surface area contributed by atoms with Gasteiger partial charge in [-0.1, -0.05) is 19.9 Å². The second kappa shape index (κ2) is 7.93. The maximum absolute atomic E-state index is 13.0. The van der Waals surface area contributed by atoms with E-state index < -0.39 is 0 Å². The lowest BCUT2D eigenvalue weighted by molar-refractivity contribution is -0.103. The summed E-state index contributed by atoms with van der Waals surface area (Å²) in [6.07, 6.45) is 7.67. The highest BCUT2D eigenvalue weighted by Gasteiger charge is 2.53. The Kier molecular flexibility index (Phi) is 5.24. The van der Waals surface area contributed by atoms with E-state index >= 15 is 0 Å². The van der Waals surface area contributed by atoms with Crippen LogP contribution in [0.15, 0.2) is 24.4 Å². The first kappa shape index (κ1) is 20.5. The number of fused-ring (bicyclic) bond motifs is 3. The molecule has 7 nitrogen and oxygen atoms in total. The highest BCUT2D eigenvalue weighted by Crippen LogP contribution is 2.61. The van der Waals surface area contributed by atoms with Crippen molar-refractivity contribution in [3.63, 3.8) is 0 Å². The van der Waals surface area contributed by atoms with Crippen molar-refractivity contribution in [2.75, 3.05) is 19.6 Å². The van der Waals surface area contributed by atoms with E-state index in [-0.39, 0.29) is 11.8 Å².